The van der Waals surface area contributed by atoms with Crippen molar-refractivity contribution in [2.75, 3.05) is 27.3 Å². The predicted octanol–water partition coefficient (Wildman–Crippen LogP) is 1.34. The van der Waals surface area contributed by atoms with Crippen LogP contribution in [-0.4, -0.2) is 50.1 Å². The van der Waals surface area contributed by atoms with Crippen molar-refractivity contribution in [1.82, 2.24) is 10.2 Å². The molecule has 0 aromatic heterocycles. The van der Waals surface area contributed by atoms with E-state index in [2.05, 4.69) is 5.32 Å². The van der Waals surface area contributed by atoms with Crippen LogP contribution < -0.4 is 14.8 Å². The molecule has 2 amide bonds. The predicted molar refractivity (Wildman–Crippen MR) is 86.8 cm³/mol. The Bertz CT molecular complexity index is 623. The van der Waals surface area contributed by atoms with Crippen LogP contribution in [0, 0.1) is 11.3 Å². The monoisotopic (exact) mass is 331 g/mol. The van der Waals surface area contributed by atoms with Gasteiger partial charge in [0.25, 0.3) is 5.91 Å². The maximum Gasteiger partial charge on any atom is 0.254 e. The van der Waals surface area contributed by atoms with Gasteiger partial charge in [-0.2, -0.15) is 5.26 Å². The summed E-state index contributed by atoms with van der Waals surface area (Å²) in [4.78, 5) is 25.9. The van der Waals surface area contributed by atoms with Gasteiger partial charge in [0.05, 0.1) is 20.3 Å². The van der Waals surface area contributed by atoms with Crippen LogP contribution in [0.4, 0.5) is 0 Å². The molecule has 0 atom stereocenters. The van der Waals surface area contributed by atoms with Crippen molar-refractivity contribution >= 4 is 11.8 Å². The number of benzene rings is 1. The number of methoxy groups -OCH3 is 2. The van der Waals surface area contributed by atoms with E-state index in [1.165, 1.54) is 0 Å². The molecule has 0 saturated carbocycles. The fourth-order valence-electron chi connectivity index (χ4n) is 2.69. The second-order valence-electron chi connectivity index (χ2n) is 5.57. The largest absolute Gasteiger partial charge is 0.497 e. The summed E-state index contributed by atoms with van der Waals surface area (Å²) in [7, 11) is 3.08. The van der Waals surface area contributed by atoms with Crippen molar-refractivity contribution in [2.45, 2.75) is 25.3 Å². The van der Waals surface area contributed by atoms with E-state index in [0.717, 1.165) is 0 Å². The van der Waals surface area contributed by atoms with Crippen molar-refractivity contribution in [3.8, 4) is 17.6 Å². The fraction of sp³-hybridized carbons (Fsp3) is 0.471. The van der Waals surface area contributed by atoms with Gasteiger partial charge in [-0.1, -0.05) is 0 Å². The zero-order valence-corrected chi connectivity index (χ0v) is 13.9. The quantitative estimate of drug-likeness (QED) is 0.879. The van der Waals surface area contributed by atoms with Crippen LogP contribution in [0.25, 0.3) is 0 Å². The highest BCUT2D eigenvalue weighted by atomic mass is 16.5. The van der Waals surface area contributed by atoms with E-state index in [1.54, 1.807) is 37.3 Å². The summed E-state index contributed by atoms with van der Waals surface area (Å²) in [6.45, 7) is 1.10. The molecular formula is C17H21N3O4. The summed E-state index contributed by atoms with van der Waals surface area (Å²) in [5.41, 5.74) is 0.512. The van der Waals surface area contributed by atoms with E-state index in [-0.39, 0.29) is 24.3 Å². The third-order valence-electron chi connectivity index (χ3n) is 3.99. The molecule has 7 heteroatoms. The second-order valence-corrected chi connectivity index (χ2v) is 5.57. The minimum atomic E-state index is -0.264. The Kier molecular flexibility index (Phi) is 6.01. The third-order valence-corrected chi connectivity index (χ3v) is 3.99. The molecule has 1 N–H and O–H groups in total. The van der Waals surface area contributed by atoms with Gasteiger partial charge in [0, 0.05) is 30.8 Å². The molecule has 0 bridgehead atoms. The number of piperidine rings is 1. The summed E-state index contributed by atoms with van der Waals surface area (Å²) in [5, 5.41) is 11.3. The molecule has 7 nitrogen and oxygen atoms in total. The topological polar surface area (TPSA) is 91.7 Å². The number of nitriles is 1. The molecular weight excluding hydrogens is 310 g/mol. The van der Waals surface area contributed by atoms with E-state index >= 15 is 0 Å². The lowest BCUT2D eigenvalue weighted by atomic mass is 10.0. The number of ether oxygens (including phenoxy) is 2. The number of hydrogen-bond donors (Lipinski definition) is 1. The summed E-state index contributed by atoms with van der Waals surface area (Å²) < 4.78 is 10.4. The molecule has 2 rings (SSSR count). The zero-order valence-electron chi connectivity index (χ0n) is 13.9. The van der Waals surface area contributed by atoms with Crippen LogP contribution in [0.5, 0.6) is 11.5 Å². The first-order chi connectivity index (χ1) is 11.6. The van der Waals surface area contributed by atoms with Crippen LogP contribution in [0.2, 0.25) is 0 Å². The third kappa shape index (κ3) is 4.38. The lowest BCUT2D eigenvalue weighted by Gasteiger charge is -2.32. The summed E-state index contributed by atoms with van der Waals surface area (Å²) in [6, 6.07) is 6.92. The maximum absolute atomic E-state index is 12.7. The molecule has 128 valence electrons. The Morgan fingerprint density at radius 3 is 2.29 bits per heavy atom. The van der Waals surface area contributed by atoms with Gasteiger partial charge in [-0.15, -0.1) is 0 Å². The van der Waals surface area contributed by atoms with E-state index in [4.69, 9.17) is 14.7 Å². The molecule has 0 aliphatic carbocycles. The normalized spacial score (nSPS) is 14.6. The van der Waals surface area contributed by atoms with Crippen molar-refractivity contribution in [3.63, 3.8) is 0 Å². The first kappa shape index (κ1) is 17.6. The minimum absolute atomic E-state index is 0.00902. The van der Waals surface area contributed by atoms with Gasteiger partial charge in [-0.3, -0.25) is 9.59 Å². The lowest BCUT2D eigenvalue weighted by Crippen LogP contribution is -2.46. The highest BCUT2D eigenvalue weighted by Gasteiger charge is 2.25. The summed E-state index contributed by atoms with van der Waals surface area (Å²) in [5.74, 6) is 0.779. The fourth-order valence-corrected chi connectivity index (χ4v) is 2.69. The number of carbonyl (C=O) groups is 2. The first-order valence-corrected chi connectivity index (χ1v) is 7.76. The summed E-state index contributed by atoms with van der Waals surface area (Å²) in [6.07, 6.45) is 1.21. The number of nitrogens with zero attached hydrogens (tertiary/aromatic N) is 2. The molecule has 1 heterocycles. The Labute approximate surface area is 141 Å². The molecule has 24 heavy (non-hydrogen) atoms. The molecule has 1 fully saturated rings. The standard InChI is InChI=1S/C17H21N3O4/c1-23-14-9-12(10-15(11-14)24-2)17(22)20-7-4-13(5-8-20)19-16(21)3-6-18/h9-11,13H,3-5,7-8H2,1-2H3,(H,19,21). The average molecular weight is 331 g/mol. The van der Waals surface area contributed by atoms with Crippen LogP contribution in [0.3, 0.4) is 0 Å². The van der Waals surface area contributed by atoms with Gasteiger partial charge in [-0.25, -0.2) is 0 Å². The lowest BCUT2D eigenvalue weighted by molar-refractivity contribution is -0.121. The Balaban J connectivity index is 1.98. The van der Waals surface area contributed by atoms with Crippen LogP contribution in [0.1, 0.15) is 29.6 Å². The van der Waals surface area contributed by atoms with E-state index in [9.17, 15) is 9.59 Å². The molecule has 0 unspecified atom stereocenters. The number of hydrogen-bond acceptors (Lipinski definition) is 5. The van der Waals surface area contributed by atoms with Crippen LogP contribution in [0.15, 0.2) is 18.2 Å². The van der Waals surface area contributed by atoms with Gasteiger partial charge in [0.15, 0.2) is 0 Å². The van der Waals surface area contributed by atoms with Crippen LogP contribution >= 0.6 is 0 Å². The number of likely N-dealkylation sites (tertiary alicyclic amines) is 1. The molecule has 1 saturated heterocycles. The molecule has 1 aromatic rings. The molecule has 1 aliphatic rings. The summed E-state index contributed by atoms with van der Waals surface area (Å²) >= 11 is 0. The molecule has 0 spiro atoms. The highest BCUT2D eigenvalue weighted by Crippen LogP contribution is 2.24. The number of amides is 2. The van der Waals surface area contributed by atoms with Crippen molar-refractivity contribution in [3.05, 3.63) is 23.8 Å². The van der Waals surface area contributed by atoms with Gasteiger partial charge < -0.3 is 19.7 Å². The van der Waals surface area contributed by atoms with Crippen molar-refractivity contribution < 1.29 is 19.1 Å². The van der Waals surface area contributed by atoms with E-state index < -0.39 is 0 Å². The molecule has 0 radical (unpaired) electrons. The molecule has 1 aliphatic heterocycles. The SMILES string of the molecule is COc1cc(OC)cc(C(=O)N2CCC(NC(=O)CC#N)CC2)c1. The Morgan fingerprint density at radius 1 is 1.21 bits per heavy atom. The van der Waals surface area contributed by atoms with Gasteiger partial charge in [-0.05, 0) is 25.0 Å². The highest BCUT2D eigenvalue weighted by molar-refractivity contribution is 5.95. The zero-order chi connectivity index (χ0) is 17.5. The molecule has 1 aromatic carbocycles. The van der Waals surface area contributed by atoms with Gasteiger partial charge >= 0.3 is 0 Å². The first-order valence-electron chi connectivity index (χ1n) is 7.76. The average Bonchev–Trinajstić information content (AvgIpc) is 2.61. The minimum Gasteiger partial charge on any atom is -0.497 e. The van der Waals surface area contributed by atoms with Crippen LogP contribution in [-0.2, 0) is 4.79 Å². The van der Waals surface area contributed by atoms with E-state index in [1.807, 2.05) is 6.07 Å². The number of carbonyl (C=O) groups excluding carboxylic acids is 2. The van der Waals surface area contributed by atoms with Gasteiger partial charge in [0.2, 0.25) is 5.91 Å². The van der Waals surface area contributed by atoms with Gasteiger partial charge in [0.1, 0.15) is 17.9 Å². The van der Waals surface area contributed by atoms with Crippen molar-refractivity contribution in [1.29, 1.82) is 5.26 Å². The number of nitrogens with one attached hydrogen (secondary N) is 1. The van der Waals surface area contributed by atoms with E-state index in [0.29, 0.717) is 43.0 Å². The second kappa shape index (κ2) is 8.20. The maximum atomic E-state index is 12.7. The Hall–Kier alpha value is -2.75. The smallest absolute Gasteiger partial charge is 0.254 e. The number of rotatable bonds is 5. The van der Waals surface area contributed by atoms with Crippen molar-refractivity contribution in [2.24, 2.45) is 0 Å². The Morgan fingerprint density at radius 2 is 1.79 bits per heavy atom.